The average Bonchev–Trinajstić information content (AvgIpc) is 2.37. The highest BCUT2D eigenvalue weighted by Crippen LogP contribution is 2.34. The van der Waals surface area contributed by atoms with Gasteiger partial charge in [0.1, 0.15) is 11.5 Å². The van der Waals surface area contributed by atoms with Gasteiger partial charge in [-0.05, 0) is 104 Å². The molecule has 0 aliphatic heterocycles. The van der Waals surface area contributed by atoms with Crippen LogP contribution in [0.15, 0.2) is 30.3 Å². The van der Waals surface area contributed by atoms with E-state index in [2.05, 4.69) is 67.8 Å². The van der Waals surface area contributed by atoms with Crippen molar-refractivity contribution < 1.29 is 9.84 Å². The highest BCUT2D eigenvalue weighted by molar-refractivity contribution is 14.1. The minimum Gasteiger partial charge on any atom is -0.507 e. The van der Waals surface area contributed by atoms with Gasteiger partial charge in [-0.1, -0.05) is 0 Å². The molecule has 0 fully saturated rings. The summed E-state index contributed by atoms with van der Waals surface area (Å²) < 4.78 is 8.68. The Labute approximate surface area is 169 Å². The molecular weight excluding hydrogens is 630 g/mol. The molecule has 2 rings (SSSR count). The van der Waals surface area contributed by atoms with Gasteiger partial charge in [-0.25, -0.2) is 0 Å². The number of alkyl halides is 1. The van der Waals surface area contributed by atoms with Gasteiger partial charge in [-0.15, -0.1) is 11.6 Å². The number of aromatic hydroxyl groups is 1. The fourth-order valence-corrected chi connectivity index (χ4v) is 4.50. The molecule has 0 amide bonds. The van der Waals surface area contributed by atoms with Crippen LogP contribution in [0, 0.1) is 10.7 Å². The monoisotopic (exact) mass is 641 g/mol. The van der Waals surface area contributed by atoms with Crippen LogP contribution in [0.4, 0.5) is 0 Å². The summed E-state index contributed by atoms with van der Waals surface area (Å²) in [6, 6.07) is 9.20. The molecule has 3 N–H and O–H groups in total. The van der Waals surface area contributed by atoms with Crippen molar-refractivity contribution in [3.05, 3.63) is 46.6 Å². The van der Waals surface area contributed by atoms with Crippen LogP contribution in [0.25, 0.3) is 0 Å². The number of nitrogens with two attached hydrogens (primary N) is 1. The summed E-state index contributed by atoms with van der Waals surface area (Å²) in [4.78, 5) is 0. The first-order valence-electron chi connectivity index (χ1n) is 5.90. The first kappa shape index (κ1) is 17.8. The molecule has 3 nitrogen and oxygen atoms in total. The fraction of sp³-hybridized carbons (Fsp3) is 0.143. The number of phenolic OH excluding ortho intramolecular Hbond substituents is 1. The molecule has 0 radical (unpaired) electrons. The highest BCUT2D eigenvalue weighted by atomic mass is 127. The van der Waals surface area contributed by atoms with Gasteiger partial charge in [-0.2, -0.15) is 0 Å². The summed E-state index contributed by atoms with van der Waals surface area (Å²) in [6.45, 7) is 0. The number of benzene rings is 2. The van der Waals surface area contributed by atoms with Crippen molar-refractivity contribution in [3.8, 4) is 17.2 Å². The second-order valence-corrected chi connectivity index (χ2v) is 8.37. The maximum atomic E-state index is 9.55. The van der Waals surface area contributed by atoms with Gasteiger partial charge >= 0.3 is 0 Å². The van der Waals surface area contributed by atoms with Gasteiger partial charge in [0, 0.05) is 6.42 Å². The molecule has 112 valence electrons. The smallest absolute Gasteiger partial charge is 0.154 e. The topological polar surface area (TPSA) is 55.5 Å². The molecule has 1 atom stereocenters. The number of halogens is 4. The molecule has 2 aromatic carbocycles. The van der Waals surface area contributed by atoms with E-state index in [4.69, 9.17) is 22.1 Å². The third-order valence-electron chi connectivity index (χ3n) is 2.63. The van der Waals surface area contributed by atoms with E-state index in [1.807, 2.05) is 12.1 Å². The first-order valence-corrected chi connectivity index (χ1v) is 9.58. The Morgan fingerprint density at radius 2 is 1.71 bits per heavy atom. The minimum absolute atomic E-state index is 0.249. The predicted octanol–water partition coefficient (Wildman–Crippen LogP) is 5.06. The van der Waals surface area contributed by atoms with Crippen LogP contribution in [-0.4, -0.2) is 10.6 Å². The zero-order valence-corrected chi connectivity index (χ0v) is 17.8. The van der Waals surface area contributed by atoms with Crippen LogP contribution in [0.3, 0.4) is 0 Å². The number of ether oxygens (including phenoxy) is 1. The Hall–Kier alpha value is 0.480. The number of hydrogen-bond donors (Lipinski definition) is 2. The quantitative estimate of drug-likeness (QED) is 0.279. The Bertz CT molecular complexity index is 642. The summed E-state index contributed by atoms with van der Waals surface area (Å²) in [5.74, 6) is 1.73. The zero-order valence-electron chi connectivity index (χ0n) is 10.6. The SMILES string of the molecule is NC(Cl)Cc1cc(I)c(Oc2ccc(O)c(I)c2)c(I)c1. The van der Waals surface area contributed by atoms with E-state index in [1.165, 1.54) is 0 Å². The molecule has 0 bridgehead atoms. The molecule has 0 saturated heterocycles. The molecule has 0 aromatic heterocycles. The van der Waals surface area contributed by atoms with Gasteiger partial charge in [0.25, 0.3) is 0 Å². The number of rotatable bonds is 4. The lowest BCUT2D eigenvalue weighted by molar-refractivity contribution is 0.458. The molecule has 7 heteroatoms. The van der Waals surface area contributed by atoms with E-state index in [1.54, 1.807) is 18.2 Å². The van der Waals surface area contributed by atoms with E-state index in [0.717, 1.165) is 22.0 Å². The van der Waals surface area contributed by atoms with Crippen molar-refractivity contribution in [2.24, 2.45) is 5.73 Å². The molecule has 0 spiro atoms. The van der Waals surface area contributed by atoms with Crippen molar-refractivity contribution >= 4 is 79.4 Å². The summed E-state index contributed by atoms with van der Waals surface area (Å²) in [5, 5.41) is 9.55. The number of phenols is 1. The maximum absolute atomic E-state index is 9.55. The second-order valence-electron chi connectivity index (χ2n) is 4.32. The standard InChI is InChI=1S/C14H11ClI3NO2/c15-13(19)5-7-3-10(17)14(11(18)4-7)21-8-1-2-12(20)9(16)6-8/h1-4,6,13,20H,5,19H2. The van der Waals surface area contributed by atoms with Crippen molar-refractivity contribution in [2.45, 2.75) is 11.9 Å². The highest BCUT2D eigenvalue weighted by Gasteiger charge is 2.12. The van der Waals surface area contributed by atoms with Gasteiger partial charge in [0.2, 0.25) is 0 Å². The summed E-state index contributed by atoms with van der Waals surface area (Å²) in [5.41, 5.74) is 6.32. The molecular formula is C14H11ClI3NO2. The number of hydrogen-bond acceptors (Lipinski definition) is 3. The van der Waals surface area contributed by atoms with E-state index in [0.29, 0.717) is 12.2 Å². The van der Waals surface area contributed by atoms with Crippen molar-refractivity contribution in [3.63, 3.8) is 0 Å². The van der Waals surface area contributed by atoms with E-state index >= 15 is 0 Å². The molecule has 1 unspecified atom stereocenters. The average molecular weight is 641 g/mol. The van der Waals surface area contributed by atoms with Gasteiger partial charge < -0.3 is 15.6 Å². The van der Waals surface area contributed by atoms with Gasteiger partial charge in [-0.3, -0.25) is 0 Å². The van der Waals surface area contributed by atoms with Crippen molar-refractivity contribution in [1.82, 2.24) is 0 Å². The van der Waals surface area contributed by atoms with Gasteiger partial charge in [0.05, 0.1) is 16.2 Å². The van der Waals surface area contributed by atoms with Crippen molar-refractivity contribution in [1.29, 1.82) is 0 Å². The molecule has 0 aliphatic carbocycles. The molecule has 0 heterocycles. The summed E-state index contributed by atoms with van der Waals surface area (Å²) in [6.07, 6.45) is 0.616. The Balaban J connectivity index is 2.29. The third-order valence-corrected chi connectivity index (χ3v) is 5.25. The molecule has 0 saturated carbocycles. The predicted molar refractivity (Wildman–Crippen MR) is 110 cm³/mol. The lowest BCUT2D eigenvalue weighted by atomic mass is 10.1. The normalized spacial score (nSPS) is 12.2. The Morgan fingerprint density at radius 3 is 2.24 bits per heavy atom. The Kier molecular flexibility index (Phi) is 6.66. The minimum atomic E-state index is -0.387. The van der Waals surface area contributed by atoms with E-state index in [-0.39, 0.29) is 11.3 Å². The summed E-state index contributed by atoms with van der Waals surface area (Å²) in [7, 11) is 0. The van der Waals surface area contributed by atoms with Crippen LogP contribution < -0.4 is 10.5 Å². The molecule has 2 aromatic rings. The molecule has 0 aliphatic rings. The summed E-state index contributed by atoms with van der Waals surface area (Å²) >= 11 is 12.4. The van der Waals surface area contributed by atoms with Crippen molar-refractivity contribution in [2.75, 3.05) is 0 Å². The van der Waals surface area contributed by atoms with E-state index in [9.17, 15) is 5.11 Å². The third kappa shape index (κ3) is 4.98. The fourth-order valence-electron chi connectivity index (χ4n) is 1.72. The van der Waals surface area contributed by atoms with Gasteiger partial charge in [0.15, 0.2) is 5.75 Å². The zero-order chi connectivity index (χ0) is 15.6. The van der Waals surface area contributed by atoms with Crippen LogP contribution in [0.2, 0.25) is 0 Å². The second kappa shape index (κ2) is 7.84. The Morgan fingerprint density at radius 1 is 1.10 bits per heavy atom. The van der Waals surface area contributed by atoms with E-state index < -0.39 is 0 Å². The van der Waals surface area contributed by atoms with Crippen LogP contribution in [0.5, 0.6) is 17.2 Å². The van der Waals surface area contributed by atoms with Crippen LogP contribution in [0.1, 0.15) is 5.56 Å². The van der Waals surface area contributed by atoms with Crippen LogP contribution >= 0.6 is 79.4 Å². The largest absolute Gasteiger partial charge is 0.507 e. The maximum Gasteiger partial charge on any atom is 0.154 e. The molecule has 21 heavy (non-hydrogen) atoms. The first-order chi connectivity index (χ1) is 9.86. The van der Waals surface area contributed by atoms with Crippen LogP contribution in [-0.2, 0) is 6.42 Å². The lowest BCUT2D eigenvalue weighted by Crippen LogP contribution is -2.14. The lowest BCUT2D eigenvalue weighted by Gasteiger charge is -2.13.